The van der Waals surface area contributed by atoms with Gasteiger partial charge >= 0.3 is 0 Å². The Morgan fingerprint density at radius 3 is 2.87 bits per heavy atom. The molecule has 0 aliphatic carbocycles. The number of aromatic amines is 1. The Balaban J connectivity index is 1.66. The summed E-state index contributed by atoms with van der Waals surface area (Å²) in [5.74, 6) is 0.219. The predicted molar refractivity (Wildman–Crippen MR) is 82.6 cm³/mol. The van der Waals surface area contributed by atoms with Gasteiger partial charge in [-0.25, -0.2) is 4.98 Å². The number of H-pyrrole nitrogens is 1. The summed E-state index contributed by atoms with van der Waals surface area (Å²) in [6.45, 7) is 3.16. The van der Waals surface area contributed by atoms with Crippen molar-refractivity contribution < 1.29 is 9.90 Å². The number of hydrogen-bond acceptors (Lipinski definition) is 7. The minimum absolute atomic E-state index is 0.372. The van der Waals surface area contributed by atoms with E-state index < -0.39 is 12.0 Å². The molecule has 0 saturated carbocycles. The third kappa shape index (κ3) is 3.82. The van der Waals surface area contributed by atoms with Crippen molar-refractivity contribution in [2.75, 3.05) is 31.1 Å². The first-order chi connectivity index (χ1) is 11.1. The number of nitrogens with two attached hydrogens (primary N) is 1. The quantitative estimate of drug-likeness (QED) is 0.659. The molecule has 0 unspecified atom stereocenters. The van der Waals surface area contributed by atoms with Crippen LogP contribution in [0.2, 0.25) is 0 Å². The average Bonchev–Trinajstić information content (AvgIpc) is 2.96. The summed E-state index contributed by atoms with van der Waals surface area (Å²) >= 11 is 0. The zero-order valence-electron chi connectivity index (χ0n) is 12.6. The molecule has 122 valence electrons. The molecular formula is C14H19N7O2. The lowest BCUT2D eigenvalue weighted by molar-refractivity contribution is 0.1000. The summed E-state index contributed by atoms with van der Waals surface area (Å²) in [5, 5.41) is 20.7. The van der Waals surface area contributed by atoms with Gasteiger partial charge in [0.1, 0.15) is 5.82 Å². The molecule has 3 heterocycles. The van der Waals surface area contributed by atoms with Crippen LogP contribution >= 0.6 is 0 Å². The molecule has 0 bridgehead atoms. The first kappa shape index (κ1) is 15.4. The maximum Gasteiger partial charge on any atom is 0.250 e. The molecule has 23 heavy (non-hydrogen) atoms. The molecule has 1 saturated heterocycles. The molecule has 9 heteroatoms. The van der Waals surface area contributed by atoms with Crippen molar-refractivity contribution >= 4 is 11.7 Å². The van der Waals surface area contributed by atoms with Crippen molar-refractivity contribution in [1.82, 2.24) is 25.3 Å². The minimum atomic E-state index is -0.501. The van der Waals surface area contributed by atoms with E-state index >= 15 is 0 Å². The number of nitrogens with zero attached hydrogens (tertiary/aromatic N) is 5. The fourth-order valence-corrected chi connectivity index (χ4v) is 2.66. The van der Waals surface area contributed by atoms with Crippen molar-refractivity contribution in [3.05, 3.63) is 35.8 Å². The van der Waals surface area contributed by atoms with Crippen LogP contribution in [0.25, 0.3) is 0 Å². The number of aromatic nitrogens is 4. The van der Waals surface area contributed by atoms with Crippen LogP contribution < -0.4 is 10.6 Å². The summed E-state index contributed by atoms with van der Waals surface area (Å²) in [6, 6.07) is 3.40. The third-order valence-corrected chi connectivity index (χ3v) is 3.79. The van der Waals surface area contributed by atoms with Gasteiger partial charge < -0.3 is 15.7 Å². The van der Waals surface area contributed by atoms with E-state index in [1.165, 1.54) is 6.20 Å². The highest BCUT2D eigenvalue weighted by Crippen LogP contribution is 2.15. The molecular weight excluding hydrogens is 298 g/mol. The van der Waals surface area contributed by atoms with E-state index in [1.807, 2.05) is 4.90 Å². The molecule has 1 amide bonds. The second kappa shape index (κ2) is 6.71. The van der Waals surface area contributed by atoms with E-state index in [2.05, 4.69) is 25.3 Å². The summed E-state index contributed by atoms with van der Waals surface area (Å²) in [4.78, 5) is 19.5. The van der Waals surface area contributed by atoms with Crippen LogP contribution in [0.4, 0.5) is 5.82 Å². The highest BCUT2D eigenvalue weighted by Gasteiger charge is 2.22. The van der Waals surface area contributed by atoms with Crippen LogP contribution in [0.1, 0.15) is 16.1 Å². The first-order valence-electron chi connectivity index (χ1n) is 7.37. The van der Waals surface area contributed by atoms with Crippen molar-refractivity contribution in [1.29, 1.82) is 0 Å². The smallest absolute Gasteiger partial charge is 0.250 e. The van der Waals surface area contributed by atoms with Gasteiger partial charge in [-0.1, -0.05) is 0 Å². The zero-order valence-corrected chi connectivity index (χ0v) is 12.6. The Labute approximate surface area is 133 Å². The van der Waals surface area contributed by atoms with E-state index in [4.69, 9.17) is 5.73 Å². The molecule has 0 spiro atoms. The van der Waals surface area contributed by atoms with Gasteiger partial charge in [-0.05, 0) is 12.1 Å². The SMILES string of the molecule is NC(=O)c1ccc(N2CCN(Cc3cn[nH]n3)C[C@@H](O)C2)nc1. The number of anilines is 1. The van der Waals surface area contributed by atoms with Gasteiger partial charge in [0.25, 0.3) is 0 Å². The van der Waals surface area contributed by atoms with E-state index in [0.717, 1.165) is 24.6 Å². The van der Waals surface area contributed by atoms with Crippen molar-refractivity contribution in [3.8, 4) is 0 Å². The Hall–Kier alpha value is -2.52. The molecule has 0 radical (unpaired) electrons. The number of hydrogen-bond donors (Lipinski definition) is 3. The molecule has 2 aromatic heterocycles. The molecule has 9 nitrogen and oxygen atoms in total. The van der Waals surface area contributed by atoms with Gasteiger partial charge in [-0.2, -0.15) is 15.4 Å². The maximum atomic E-state index is 11.1. The molecule has 3 rings (SSSR count). The number of primary amides is 1. The Morgan fingerprint density at radius 1 is 1.35 bits per heavy atom. The minimum Gasteiger partial charge on any atom is -0.390 e. The third-order valence-electron chi connectivity index (χ3n) is 3.79. The van der Waals surface area contributed by atoms with Crippen LogP contribution in [0, 0.1) is 0 Å². The maximum absolute atomic E-state index is 11.1. The van der Waals surface area contributed by atoms with Gasteiger partial charge in [0.15, 0.2) is 0 Å². The first-order valence-corrected chi connectivity index (χ1v) is 7.37. The van der Waals surface area contributed by atoms with Crippen LogP contribution in [0.15, 0.2) is 24.5 Å². The molecule has 4 N–H and O–H groups in total. The number of aliphatic hydroxyl groups is 1. The summed E-state index contributed by atoms with van der Waals surface area (Å²) in [5.41, 5.74) is 6.43. The van der Waals surface area contributed by atoms with Gasteiger partial charge in [0.2, 0.25) is 5.91 Å². The molecule has 1 aliphatic rings. The highest BCUT2D eigenvalue weighted by molar-refractivity contribution is 5.92. The average molecular weight is 317 g/mol. The monoisotopic (exact) mass is 317 g/mol. The van der Waals surface area contributed by atoms with Crippen molar-refractivity contribution in [2.24, 2.45) is 5.73 Å². The summed E-state index contributed by atoms with van der Waals surface area (Å²) < 4.78 is 0. The molecule has 1 atom stereocenters. The lowest BCUT2D eigenvalue weighted by Crippen LogP contribution is -2.33. The van der Waals surface area contributed by atoms with E-state index in [9.17, 15) is 9.90 Å². The molecule has 0 aromatic carbocycles. The molecule has 1 fully saturated rings. The Morgan fingerprint density at radius 2 is 2.22 bits per heavy atom. The van der Waals surface area contributed by atoms with Crippen LogP contribution in [0.5, 0.6) is 0 Å². The largest absolute Gasteiger partial charge is 0.390 e. The van der Waals surface area contributed by atoms with E-state index in [0.29, 0.717) is 25.2 Å². The number of pyridine rings is 1. The predicted octanol–water partition coefficient (Wildman–Crippen LogP) is -1.02. The van der Waals surface area contributed by atoms with Crippen molar-refractivity contribution in [2.45, 2.75) is 12.6 Å². The van der Waals surface area contributed by atoms with Gasteiger partial charge in [-0.15, -0.1) is 0 Å². The zero-order chi connectivity index (χ0) is 16.2. The number of rotatable bonds is 4. The fourth-order valence-electron chi connectivity index (χ4n) is 2.66. The fraction of sp³-hybridized carbons (Fsp3) is 0.429. The van der Waals surface area contributed by atoms with Crippen LogP contribution in [-0.2, 0) is 6.54 Å². The van der Waals surface area contributed by atoms with Crippen LogP contribution in [-0.4, -0.2) is 68.6 Å². The number of aliphatic hydroxyl groups excluding tert-OH is 1. The number of carbonyl (C=O) groups is 1. The Bertz CT molecular complexity index is 644. The lowest BCUT2D eigenvalue weighted by atomic mass is 10.2. The number of carbonyl (C=O) groups excluding carboxylic acids is 1. The van der Waals surface area contributed by atoms with Gasteiger partial charge in [0, 0.05) is 38.9 Å². The second-order valence-corrected chi connectivity index (χ2v) is 5.57. The summed E-state index contributed by atoms with van der Waals surface area (Å²) in [7, 11) is 0. The van der Waals surface area contributed by atoms with Gasteiger partial charge in [-0.3, -0.25) is 9.69 Å². The topological polar surface area (TPSA) is 124 Å². The lowest BCUT2D eigenvalue weighted by Gasteiger charge is -2.22. The standard InChI is InChI=1S/C14H19N7O2/c15-14(23)10-1-2-13(16-5-10)21-4-3-20(8-12(22)9-21)7-11-6-17-19-18-11/h1-2,5-6,12,22H,3-4,7-9H2,(H2,15,23)(H,17,18,19)/t12-/m1/s1. The van der Waals surface area contributed by atoms with Crippen LogP contribution in [0.3, 0.4) is 0 Å². The van der Waals surface area contributed by atoms with Gasteiger partial charge in [0.05, 0.1) is 23.6 Å². The van der Waals surface area contributed by atoms with Crippen molar-refractivity contribution in [3.63, 3.8) is 0 Å². The van der Waals surface area contributed by atoms with E-state index in [1.54, 1.807) is 18.3 Å². The van der Waals surface area contributed by atoms with E-state index in [-0.39, 0.29) is 0 Å². The normalized spacial score (nSPS) is 19.5. The summed E-state index contributed by atoms with van der Waals surface area (Å²) in [6.07, 6.45) is 2.64. The number of nitrogens with one attached hydrogen (secondary N) is 1. The second-order valence-electron chi connectivity index (χ2n) is 5.57. The Kier molecular flexibility index (Phi) is 4.49. The number of amides is 1. The number of β-amino-alcohol motifs (C(OH)–C–C–N with tert-alkyl or cyclic N) is 1. The molecule has 2 aromatic rings. The highest BCUT2D eigenvalue weighted by atomic mass is 16.3. The molecule has 1 aliphatic heterocycles.